The summed E-state index contributed by atoms with van der Waals surface area (Å²) in [6, 6.07) is 6.92. The van der Waals surface area contributed by atoms with E-state index >= 15 is 0 Å². The quantitative estimate of drug-likeness (QED) is 0.875. The lowest BCUT2D eigenvalue weighted by Crippen LogP contribution is -2.37. The van der Waals surface area contributed by atoms with E-state index in [-0.39, 0.29) is 23.5 Å². The number of nitrogens with one attached hydrogen (secondary N) is 1. The molecule has 0 bridgehead atoms. The summed E-state index contributed by atoms with van der Waals surface area (Å²) in [5, 5.41) is 3.67. The molecule has 3 nitrogen and oxygen atoms in total. The van der Waals surface area contributed by atoms with Crippen molar-refractivity contribution in [1.29, 1.82) is 0 Å². The van der Waals surface area contributed by atoms with Gasteiger partial charge in [-0.3, -0.25) is 0 Å². The molecule has 1 unspecified atom stereocenters. The fraction of sp³-hybridized carbons (Fsp3) is 0.538. The minimum Gasteiger partial charge on any atom is -0.316 e. The Morgan fingerprint density at radius 3 is 2.22 bits per heavy atom. The molecule has 0 aromatic heterocycles. The topological polar surface area (TPSA) is 46.2 Å². The van der Waals surface area contributed by atoms with Crippen LogP contribution in [0.25, 0.3) is 0 Å². The molecule has 102 valence electrons. The van der Waals surface area contributed by atoms with E-state index in [1.54, 1.807) is 31.3 Å². The van der Waals surface area contributed by atoms with Crippen molar-refractivity contribution in [1.82, 2.24) is 5.32 Å². The highest BCUT2D eigenvalue weighted by Gasteiger charge is 2.20. The lowest BCUT2D eigenvalue weighted by atomic mass is 10.1. The van der Waals surface area contributed by atoms with Crippen LogP contribution in [0.1, 0.15) is 19.4 Å². The average Bonchev–Trinajstić information content (AvgIpc) is 2.28. The molecule has 0 aliphatic rings. The molecule has 0 heterocycles. The molecular weight excluding hydrogens is 270 g/mol. The summed E-state index contributed by atoms with van der Waals surface area (Å²) in [7, 11) is -1.32. The first-order valence-electron chi connectivity index (χ1n) is 5.96. The predicted octanol–water partition coefficient (Wildman–Crippen LogP) is 2.50. The van der Waals surface area contributed by atoms with E-state index in [0.29, 0.717) is 5.02 Å². The summed E-state index contributed by atoms with van der Waals surface area (Å²) < 4.78 is 24.2. The lowest BCUT2D eigenvalue weighted by molar-refractivity contribution is 0.455. The van der Waals surface area contributed by atoms with Gasteiger partial charge in [0.15, 0.2) is 9.84 Å². The van der Waals surface area contributed by atoms with E-state index in [4.69, 9.17) is 11.6 Å². The molecule has 0 amide bonds. The third kappa shape index (κ3) is 4.96. The molecule has 0 saturated carbocycles. The van der Waals surface area contributed by atoms with Gasteiger partial charge in [-0.25, -0.2) is 8.42 Å². The second-order valence-corrected chi connectivity index (χ2v) is 7.37. The van der Waals surface area contributed by atoms with Gasteiger partial charge in [0.05, 0.1) is 11.5 Å². The van der Waals surface area contributed by atoms with Gasteiger partial charge in [-0.1, -0.05) is 37.6 Å². The minimum absolute atomic E-state index is 0.0118. The number of sulfone groups is 1. The van der Waals surface area contributed by atoms with Crippen molar-refractivity contribution in [2.75, 3.05) is 12.8 Å². The van der Waals surface area contributed by atoms with E-state index in [1.807, 2.05) is 13.8 Å². The van der Waals surface area contributed by atoms with Gasteiger partial charge in [0.1, 0.15) is 0 Å². The fourth-order valence-corrected chi connectivity index (χ4v) is 3.82. The third-order valence-corrected chi connectivity index (χ3v) is 4.80. The zero-order valence-electron chi connectivity index (χ0n) is 11.0. The van der Waals surface area contributed by atoms with Gasteiger partial charge in [0, 0.05) is 11.1 Å². The summed E-state index contributed by atoms with van der Waals surface area (Å²) in [6.45, 7) is 4.03. The number of benzene rings is 1. The van der Waals surface area contributed by atoms with E-state index in [2.05, 4.69) is 5.32 Å². The summed E-state index contributed by atoms with van der Waals surface area (Å²) >= 11 is 5.77. The van der Waals surface area contributed by atoms with Crippen LogP contribution in [0.2, 0.25) is 5.02 Å². The molecule has 0 fully saturated rings. The SMILES string of the molecule is CNC(CS(=O)(=O)Cc1ccc(Cl)cc1)C(C)C. The van der Waals surface area contributed by atoms with Gasteiger partial charge >= 0.3 is 0 Å². The highest BCUT2D eigenvalue weighted by molar-refractivity contribution is 7.90. The van der Waals surface area contributed by atoms with Crippen molar-refractivity contribution < 1.29 is 8.42 Å². The van der Waals surface area contributed by atoms with Gasteiger partial charge in [0.25, 0.3) is 0 Å². The summed E-state index contributed by atoms with van der Waals surface area (Å²) in [5.74, 6) is 0.508. The number of halogens is 1. The molecule has 1 N–H and O–H groups in total. The van der Waals surface area contributed by atoms with Crippen LogP contribution in [0.15, 0.2) is 24.3 Å². The van der Waals surface area contributed by atoms with E-state index in [1.165, 1.54) is 0 Å². The largest absolute Gasteiger partial charge is 0.316 e. The number of hydrogen-bond acceptors (Lipinski definition) is 3. The minimum atomic E-state index is -3.11. The average molecular weight is 290 g/mol. The van der Waals surface area contributed by atoms with Crippen LogP contribution in [-0.4, -0.2) is 27.3 Å². The molecule has 18 heavy (non-hydrogen) atoms. The van der Waals surface area contributed by atoms with Gasteiger partial charge < -0.3 is 5.32 Å². The number of hydrogen-bond donors (Lipinski definition) is 1. The van der Waals surface area contributed by atoms with Crippen molar-refractivity contribution in [3.05, 3.63) is 34.9 Å². The molecule has 1 aromatic rings. The van der Waals surface area contributed by atoms with Crippen LogP contribution in [0.3, 0.4) is 0 Å². The van der Waals surface area contributed by atoms with Crippen LogP contribution in [0.4, 0.5) is 0 Å². The van der Waals surface area contributed by atoms with Crippen molar-refractivity contribution in [3.8, 4) is 0 Å². The molecule has 0 spiro atoms. The van der Waals surface area contributed by atoms with Crippen molar-refractivity contribution in [3.63, 3.8) is 0 Å². The Hall–Kier alpha value is -0.580. The second-order valence-electron chi connectivity index (χ2n) is 4.82. The summed E-state index contributed by atoms with van der Waals surface area (Å²) in [4.78, 5) is 0. The van der Waals surface area contributed by atoms with Crippen molar-refractivity contribution in [2.45, 2.75) is 25.6 Å². The molecule has 5 heteroatoms. The van der Waals surface area contributed by atoms with Gasteiger partial charge in [-0.2, -0.15) is 0 Å². The smallest absolute Gasteiger partial charge is 0.155 e. The first-order chi connectivity index (χ1) is 8.34. The fourth-order valence-electron chi connectivity index (χ4n) is 1.78. The Balaban J connectivity index is 2.73. The monoisotopic (exact) mass is 289 g/mol. The Kier molecular flexibility index (Phi) is 5.63. The molecule has 0 radical (unpaired) electrons. The Bertz CT molecular complexity index is 468. The Morgan fingerprint density at radius 2 is 1.78 bits per heavy atom. The summed E-state index contributed by atoms with van der Waals surface area (Å²) in [6.07, 6.45) is 0. The Morgan fingerprint density at radius 1 is 1.22 bits per heavy atom. The highest BCUT2D eigenvalue weighted by atomic mass is 35.5. The van der Waals surface area contributed by atoms with Crippen LogP contribution in [-0.2, 0) is 15.6 Å². The van der Waals surface area contributed by atoms with Crippen molar-refractivity contribution in [2.24, 2.45) is 5.92 Å². The van der Waals surface area contributed by atoms with Crippen LogP contribution in [0, 0.1) is 5.92 Å². The maximum absolute atomic E-state index is 12.1. The maximum Gasteiger partial charge on any atom is 0.155 e. The highest BCUT2D eigenvalue weighted by Crippen LogP contribution is 2.14. The van der Waals surface area contributed by atoms with E-state index in [9.17, 15) is 8.42 Å². The molecule has 1 rings (SSSR count). The molecule has 0 aliphatic heterocycles. The molecular formula is C13H20ClNO2S. The first-order valence-corrected chi connectivity index (χ1v) is 8.16. The first kappa shape index (κ1) is 15.5. The maximum atomic E-state index is 12.1. The standard InChI is InChI=1S/C13H20ClNO2S/c1-10(2)13(15-3)9-18(16,17)8-11-4-6-12(14)7-5-11/h4-7,10,13,15H,8-9H2,1-3H3. The van der Waals surface area contributed by atoms with E-state index in [0.717, 1.165) is 5.56 Å². The lowest BCUT2D eigenvalue weighted by Gasteiger charge is -2.20. The normalized spacial score (nSPS) is 13.8. The molecule has 0 aliphatic carbocycles. The van der Waals surface area contributed by atoms with E-state index < -0.39 is 9.84 Å². The van der Waals surface area contributed by atoms with Crippen LogP contribution < -0.4 is 5.32 Å². The predicted molar refractivity (Wildman–Crippen MR) is 76.6 cm³/mol. The molecule has 1 aromatic carbocycles. The summed E-state index contributed by atoms with van der Waals surface area (Å²) in [5.41, 5.74) is 0.776. The van der Waals surface area contributed by atoms with Crippen LogP contribution in [0.5, 0.6) is 0 Å². The van der Waals surface area contributed by atoms with Crippen molar-refractivity contribution >= 4 is 21.4 Å². The zero-order chi connectivity index (χ0) is 13.8. The van der Waals surface area contributed by atoms with Gasteiger partial charge in [-0.05, 0) is 30.7 Å². The Labute approximate surface area is 114 Å². The molecule has 1 atom stereocenters. The van der Waals surface area contributed by atoms with Gasteiger partial charge in [-0.15, -0.1) is 0 Å². The molecule has 0 saturated heterocycles. The van der Waals surface area contributed by atoms with Gasteiger partial charge in [0.2, 0.25) is 0 Å². The van der Waals surface area contributed by atoms with Crippen LogP contribution >= 0.6 is 11.6 Å². The second kappa shape index (κ2) is 6.55. The number of rotatable bonds is 6. The third-order valence-electron chi connectivity index (χ3n) is 2.91. The zero-order valence-corrected chi connectivity index (χ0v) is 12.6.